The fourth-order valence-electron chi connectivity index (χ4n) is 2.66. The third-order valence-corrected chi connectivity index (χ3v) is 5.88. The second kappa shape index (κ2) is 7.07. The van der Waals surface area contributed by atoms with Crippen molar-refractivity contribution in [2.45, 2.75) is 55.7 Å². The third-order valence-electron chi connectivity index (χ3n) is 4.12. The molecule has 2 saturated carbocycles. The predicted molar refractivity (Wildman–Crippen MR) is 87.9 cm³/mol. The Morgan fingerprint density at radius 3 is 2.44 bits per heavy atom. The summed E-state index contributed by atoms with van der Waals surface area (Å²) >= 11 is 0. The zero-order valence-corrected chi connectivity index (χ0v) is 14.1. The monoisotopic (exact) mass is 385 g/mol. The smallest absolute Gasteiger partial charge is 0.188 e. The molecule has 2 fully saturated rings. The highest BCUT2D eigenvalue weighted by molar-refractivity contribution is 14.0. The van der Waals surface area contributed by atoms with Gasteiger partial charge < -0.3 is 11.1 Å². The molecule has 0 aromatic heterocycles. The van der Waals surface area contributed by atoms with Crippen molar-refractivity contribution in [3.63, 3.8) is 0 Å². The number of hydrogen-bond acceptors (Lipinski definition) is 2. The van der Waals surface area contributed by atoms with Gasteiger partial charge in [-0.15, -0.1) is 24.0 Å². The Hall–Kier alpha value is 0.150. The molecule has 2 rings (SSSR count). The zero-order valence-electron chi connectivity index (χ0n) is 11.0. The van der Waals surface area contributed by atoms with Crippen molar-refractivity contribution in [1.29, 1.82) is 0 Å². The molecule has 0 heterocycles. The van der Waals surface area contributed by atoms with Crippen LogP contribution in [0.5, 0.6) is 0 Å². The van der Waals surface area contributed by atoms with E-state index in [0.717, 1.165) is 12.8 Å². The average Bonchev–Trinajstić information content (AvgIpc) is 2.68. The van der Waals surface area contributed by atoms with Gasteiger partial charge in [0.25, 0.3) is 0 Å². The molecule has 0 aliphatic heterocycles. The molecule has 6 heteroatoms. The van der Waals surface area contributed by atoms with E-state index in [1.807, 2.05) is 0 Å². The molecule has 3 N–H and O–H groups in total. The van der Waals surface area contributed by atoms with Gasteiger partial charge in [-0.2, -0.15) is 0 Å². The van der Waals surface area contributed by atoms with Crippen LogP contribution in [0.25, 0.3) is 0 Å². The second-order valence-electron chi connectivity index (χ2n) is 5.32. The van der Waals surface area contributed by atoms with Gasteiger partial charge in [-0.3, -0.25) is 9.20 Å². The maximum absolute atomic E-state index is 11.7. The maximum atomic E-state index is 11.7. The molecule has 0 bridgehead atoms. The normalized spacial score (nSPS) is 25.1. The van der Waals surface area contributed by atoms with Gasteiger partial charge in [-0.05, 0) is 25.7 Å². The van der Waals surface area contributed by atoms with Gasteiger partial charge in [-0.1, -0.05) is 19.3 Å². The van der Waals surface area contributed by atoms with Crippen LogP contribution in [0.2, 0.25) is 0 Å². The van der Waals surface area contributed by atoms with Gasteiger partial charge in [0.2, 0.25) is 0 Å². The molecule has 2 aliphatic carbocycles. The van der Waals surface area contributed by atoms with Crippen molar-refractivity contribution >= 4 is 40.7 Å². The highest BCUT2D eigenvalue weighted by Gasteiger charge is 2.40. The lowest BCUT2D eigenvalue weighted by atomic mass is 9.84. The second-order valence-corrected chi connectivity index (χ2v) is 7.09. The van der Waals surface area contributed by atoms with E-state index < -0.39 is 10.8 Å². The van der Waals surface area contributed by atoms with E-state index in [0.29, 0.717) is 18.5 Å². The minimum Gasteiger partial charge on any atom is -0.370 e. The molecule has 0 aromatic rings. The van der Waals surface area contributed by atoms with E-state index in [2.05, 4.69) is 10.3 Å². The summed E-state index contributed by atoms with van der Waals surface area (Å²) in [6, 6.07) is 0.503. The Labute approximate surface area is 129 Å². The Morgan fingerprint density at radius 2 is 2.00 bits per heavy atom. The van der Waals surface area contributed by atoms with Gasteiger partial charge in [-0.25, -0.2) is 0 Å². The topological polar surface area (TPSA) is 67.5 Å². The van der Waals surface area contributed by atoms with Crippen LogP contribution in [-0.2, 0) is 10.8 Å². The first-order valence-electron chi connectivity index (χ1n) is 6.52. The average molecular weight is 385 g/mol. The van der Waals surface area contributed by atoms with Crippen molar-refractivity contribution in [3.8, 4) is 0 Å². The van der Waals surface area contributed by atoms with Gasteiger partial charge in [0.05, 0.1) is 11.3 Å². The highest BCUT2D eigenvalue weighted by atomic mass is 127. The van der Waals surface area contributed by atoms with Crippen molar-refractivity contribution in [3.05, 3.63) is 0 Å². The first-order valence-corrected chi connectivity index (χ1v) is 8.08. The van der Waals surface area contributed by atoms with Crippen LogP contribution >= 0.6 is 24.0 Å². The molecule has 0 radical (unpaired) electrons. The van der Waals surface area contributed by atoms with E-state index >= 15 is 0 Å². The molecule has 1 atom stereocenters. The molecule has 18 heavy (non-hydrogen) atoms. The molecular weight excluding hydrogens is 361 g/mol. The first-order chi connectivity index (χ1) is 8.12. The van der Waals surface area contributed by atoms with Gasteiger partial charge in [0.15, 0.2) is 5.96 Å². The molecule has 0 aromatic carbocycles. The fourth-order valence-corrected chi connectivity index (χ4v) is 3.77. The van der Waals surface area contributed by atoms with Crippen LogP contribution in [0, 0.1) is 0 Å². The molecule has 0 spiro atoms. The van der Waals surface area contributed by atoms with Crippen LogP contribution < -0.4 is 11.1 Å². The van der Waals surface area contributed by atoms with Crippen molar-refractivity contribution in [2.24, 2.45) is 10.7 Å². The lowest BCUT2D eigenvalue weighted by molar-refractivity contribution is 0.360. The number of aliphatic imine (C=N–C) groups is 1. The summed E-state index contributed by atoms with van der Waals surface area (Å²) in [5, 5.41) is 3.27. The lowest BCUT2D eigenvalue weighted by Gasteiger charge is -2.38. The van der Waals surface area contributed by atoms with Crippen molar-refractivity contribution < 1.29 is 4.21 Å². The molecule has 4 nitrogen and oxygen atoms in total. The summed E-state index contributed by atoms with van der Waals surface area (Å²) in [5.74, 6) is 0.536. The maximum Gasteiger partial charge on any atom is 0.188 e. The largest absolute Gasteiger partial charge is 0.370 e. The minimum absolute atomic E-state index is 0. The molecular formula is C12H24IN3OS. The molecule has 0 saturated heterocycles. The Morgan fingerprint density at radius 1 is 1.39 bits per heavy atom. The summed E-state index contributed by atoms with van der Waals surface area (Å²) in [6.07, 6.45) is 9.97. The van der Waals surface area contributed by atoms with Crippen molar-refractivity contribution in [1.82, 2.24) is 5.32 Å². The van der Waals surface area contributed by atoms with Crippen molar-refractivity contribution in [2.75, 3.05) is 12.8 Å². The predicted octanol–water partition coefficient (Wildman–Crippen LogP) is 1.75. The van der Waals surface area contributed by atoms with E-state index in [9.17, 15) is 4.21 Å². The minimum atomic E-state index is -0.793. The van der Waals surface area contributed by atoms with Gasteiger partial charge >= 0.3 is 0 Å². The number of rotatable bonds is 4. The summed E-state index contributed by atoms with van der Waals surface area (Å²) in [6.45, 7) is 0.613. The standard InChI is InChI=1S/C12H23N3OS.HI/c1-17(16)12(7-4-8-12)9-14-11(13)15-10-5-2-3-6-10;/h10H,2-9H2,1H3,(H3,13,14,15);1H. The SMILES string of the molecule is CS(=O)C1(CN=C(N)NC2CCCC2)CCC1.I. The summed E-state index contributed by atoms with van der Waals surface area (Å²) < 4.78 is 11.6. The van der Waals surface area contributed by atoms with Crippen LogP contribution in [0.4, 0.5) is 0 Å². The summed E-state index contributed by atoms with van der Waals surface area (Å²) in [4.78, 5) is 4.39. The first kappa shape index (κ1) is 16.2. The molecule has 0 amide bonds. The van der Waals surface area contributed by atoms with E-state index in [1.165, 1.54) is 32.1 Å². The van der Waals surface area contributed by atoms with Crippen LogP contribution in [-0.4, -0.2) is 33.8 Å². The van der Waals surface area contributed by atoms with Gasteiger partial charge in [0.1, 0.15) is 0 Å². The Bertz CT molecular complexity index is 325. The summed E-state index contributed by atoms with van der Waals surface area (Å²) in [7, 11) is -0.793. The fraction of sp³-hybridized carbons (Fsp3) is 0.917. The molecule has 106 valence electrons. The Kier molecular flexibility index (Phi) is 6.37. The highest BCUT2D eigenvalue weighted by Crippen LogP contribution is 2.37. The van der Waals surface area contributed by atoms with Crippen LogP contribution in [0.3, 0.4) is 0 Å². The van der Waals surface area contributed by atoms with E-state index in [-0.39, 0.29) is 28.7 Å². The quantitative estimate of drug-likeness (QED) is 0.440. The number of guanidine groups is 1. The molecule has 1 unspecified atom stereocenters. The van der Waals surface area contributed by atoms with Crippen LogP contribution in [0.15, 0.2) is 4.99 Å². The number of halogens is 1. The zero-order chi connectivity index (χ0) is 12.3. The third kappa shape index (κ3) is 3.82. The number of nitrogens with zero attached hydrogens (tertiary/aromatic N) is 1. The van der Waals surface area contributed by atoms with E-state index in [1.54, 1.807) is 6.26 Å². The Balaban J connectivity index is 0.00000162. The number of hydrogen-bond donors (Lipinski definition) is 2. The lowest BCUT2D eigenvalue weighted by Crippen LogP contribution is -2.46. The number of nitrogens with two attached hydrogens (primary N) is 1. The van der Waals surface area contributed by atoms with E-state index in [4.69, 9.17) is 5.73 Å². The van der Waals surface area contributed by atoms with Crippen LogP contribution in [0.1, 0.15) is 44.9 Å². The van der Waals surface area contributed by atoms with Gasteiger partial charge in [0, 0.05) is 23.1 Å². The number of nitrogens with one attached hydrogen (secondary N) is 1. The molecule has 2 aliphatic rings. The summed E-state index contributed by atoms with van der Waals surface area (Å²) in [5.41, 5.74) is 5.88.